The van der Waals surface area contributed by atoms with Gasteiger partial charge in [-0.3, -0.25) is 4.90 Å². The zero-order valence-corrected chi connectivity index (χ0v) is 12.2. The fourth-order valence-corrected chi connectivity index (χ4v) is 3.39. The maximum atomic E-state index is 5.56. The Morgan fingerprint density at radius 1 is 1.39 bits per heavy atom. The van der Waals surface area contributed by atoms with E-state index in [4.69, 9.17) is 4.74 Å². The average molecular weight is 254 g/mol. The number of nitrogens with zero attached hydrogens (tertiary/aromatic N) is 1. The van der Waals surface area contributed by atoms with E-state index in [2.05, 4.69) is 24.1 Å². The van der Waals surface area contributed by atoms with Crippen LogP contribution < -0.4 is 5.32 Å². The monoisotopic (exact) mass is 254 g/mol. The molecule has 18 heavy (non-hydrogen) atoms. The highest BCUT2D eigenvalue weighted by atomic mass is 16.5. The quantitative estimate of drug-likeness (QED) is 0.786. The van der Waals surface area contributed by atoms with Gasteiger partial charge in [0.05, 0.1) is 6.61 Å². The molecule has 0 radical (unpaired) electrons. The number of nitrogens with one attached hydrogen (secondary N) is 1. The van der Waals surface area contributed by atoms with Crippen molar-refractivity contribution in [2.45, 2.75) is 45.6 Å². The zero-order chi connectivity index (χ0) is 12.8. The van der Waals surface area contributed by atoms with Crippen molar-refractivity contribution in [3.05, 3.63) is 0 Å². The molecule has 3 nitrogen and oxygen atoms in total. The lowest BCUT2D eigenvalue weighted by Crippen LogP contribution is -2.45. The van der Waals surface area contributed by atoms with Gasteiger partial charge in [-0.25, -0.2) is 0 Å². The SMILES string of the molecule is CCCN(CC1CCCNC1)C(C)C1CCOC1. The number of ether oxygens (including phenoxy) is 1. The third-order valence-corrected chi connectivity index (χ3v) is 4.63. The van der Waals surface area contributed by atoms with E-state index < -0.39 is 0 Å². The van der Waals surface area contributed by atoms with E-state index >= 15 is 0 Å². The van der Waals surface area contributed by atoms with Crippen molar-refractivity contribution in [2.75, 3.05) is 39.4 Å². The van der Waals surface area contributed by atoms with E-state index in [1.165, 1.54) is 51.9 Å². The van der Waals surface area contributed by atoms with E-state index in [0.29, 0.717) is 6.04 Å². The van der Waals surface area contributed by atoms with Crippen LogP contribution in [0.1, 0.15) is 39.5 Å². The summed E-state index contributed by atoms with van der Waals surface area (Å²) in [6.45, 7) is 11.6. The molecule has 1 N–H and O–H groups in total. The highest BCUT2D eigenvalue weighted by Crippen LogP contribution is 2.23. The second kappa shape index (κ2) is 7.46. The second-order valence-corrected chi connectivity index (χ2v) is 6.07. The van der Waals surface area contributed by atoms with Crippen molar-refractivity contribution in [3.8, 4) is 0 Å². The smallest absolute Gasteiger partial charge is 0.0509 e. The molecule has 3 unspecified atom stereocenters. The molecule has 2 heterocycles. The van der Waals surface area contributed by atoms with Gasteiger partial charge < -0.3 is 10.1 Å². The highest BCUT2D eigenvalue weighted by molar-refractivity contribution is 4.81. The van der Waals surface area contributed by atoms with Gasteiger partial charge in [-0.05, 0) is 64.1 Å². The Hall–Kier alpha value is -0.120. The predicted octanol–water partition coefficient (Wildman–Crippen LogP) is 2.12. The molecule has 3 heteroatoms. The highest BCUT2D eigenvalue weighted by Gasteiger charge is 2.28. The molecule has 2 rings (SSSR count). The number of rotatable bonds is 6. The van der Waals surface area contributed by atoms with E-state index in [9.17, 15) is 0 Å². The molecule has 0 amide bonds. The Bertz CT molecular complexity index is 223. The van der Waals surface area contributed by atoms with Crippen molar-refractivity contribution < 1.29 is 4.74 Å². The van der Waals surface area contributed by atoms with Crippen LogP contribution >= 0.6 is 0 Å². The summed E-state index contributed by atoms with van der Waals surface area (Å²) in [6.07, 6.45) is 5.27. The fraction of sp³-hybridized carbons (Fsp3) is 1.00. The summed E-state index contributed by atoms with van der Waals surface area (Å²) in [7, 11) is 0. The molecule has 2 saturated heterocycles. The normalized spacial score (nSPS) is 30.8. The fourth-order valence-electron chi connectivity index (χ4n) is 3.39. The van der Waals surface area contributed by atoms with Crippen LogP contribution in [-0.4, -0.2) is 50.3 Å². The first-order chi connectivity index (χ1) is 8.81. The van der Waals surface area contributed by atoms with Crippen LogP contribution in [0.15, 0.2) is 0 Å². The molecular weight excluding hydrogens is 224 g/mol. The van der Waals surface area contributed by atoms with Crippen molar-refractivity contribution in [1.82, 2.24) is 10.2 Å². The van der Waals surface area contributed by atoms with E-state index in [0.717, 1.165) is 25.0 Å². The largest absolute Gasteiger partial charge is 0.381 e. The Morgan fingerprint density at radius 3 is 2.89 bits per heavy atom. The summed E-state index contributed by atoms with van der Waals surface area (Å²) in [5, 5.41) is 3.54. The van der Waals surface area contributed by atoms with Gasteiger partial charge in [0, 0.05) is 19.2 Å². The van der Waals surface area contributed by atoms with Crippen molar-refractivity contribution >= 4 is 0 Å². The van der Waals surface area contributed by atoms with Crippen LogP contribution in [0.2, 0.25) is 0 Å². The molecular formula is C15H30N2O. The van der Waals surface area contributed by atoms with Gasteiger partial charge in [-0.2, -0.15) is 0 Å². The molecule has 0 aliphatic carbocycles. The summed E-state index contributed by atoms with van der Waals surface area (Å²) in [5.74, 6) is 1.61. The molecule has 2 aliphatic rings. The van der Waals surface area contributed by atoms with E-state index in [-0.39, 0.29) is 0 Å². The van der Waals surface area contributed by atoms with Crippen LogP contribution in [0.25, 0.3) is 0 Å². The van der Waals surface area contributed by atoms with Crippen molar-refractivity contribution in [2.24, 2.45) is 11.8 Å². The molecule has 0 aromatic rings. The van der Waals surface area contributed by atoms with Gasteiger partial charge in [0.1, 0.15) is 0 Å². The number of hydrogen-bond donors (Lipinski definition) is 1. The molecule has 0 spiro atoms. The summed E-state index contributed by atoms with van der Waals surface area (Å²) in [4.78, 5) is 2.72. The van der Waals surface area contributed by atoms with Crippen molar-refractivity contribution in [1.29, 1.82) is 0 Å². The Balaban J connectivity index is 1.84. The van der Waals surface area contributed by atoms with Gasteiger partial charge in [0.25, 0.3) is 0 Å². The lowest BCUT2D eigenvalue weighted by molar-refractivity contribution is 0.107. The van der Waals surface area contributed by atoms with E-state index in [1.807, 2.05) is 0 Å². The lowest BCUT2D eigenvalue weighted by Gasteiger charge is -2.36. The predicted molar refractivity (Wildman–Crippen MR) is 75.8 cm³/mol. The number of hydrogen-bond acceptors (Lipinski definition) is 3. The summed E-state index contributed by atoms with van der Waals surface area (Å²) in [5.41, 5.74) is 0. The van der Waals surface area contributed by atoms with Crippen LogP contribution in [0, 0.1) is 11.8 Å². The molecule has 0 saturated carbocycles. The van der Waals surface area contributed by atoms with Gasteiger partial charge in [-0.1, -0.05) is 6.92 Å². The van der Waals surface area contributed by atoms with Crippen molar-refractivity contribution in [3.63, 3.8) is 0 Å². The van der Waals surface area contributed by atoms with Crippen LogP contribution in [0.3, 0.4) is 0 Å². The molecule has 2 fully saturated rings. The third kappa shape index (κ3) is 3.94. The molecule has 3 atom stereocenters. The summed E-state index contributed by atoms with van der Waals surface area (Å²) in [6, 6.07) is 0.689. The maximum Gasteiger partial charge on any atom is 0.0509 e. The third-order valence-electron chi connectivity index (χ3n) is 4.63. The minimum absolute atomic E-state index is 0.689. The second-order valence-electron chi connectivity index (χ2n) is 6.07. The van der Waals surface area contributed by atoms with Gasteiger partial charge in [0.15, 0.2) is 0 Å². The first-order valence-corrected chi connectivity index (χ1v) is 7.83. The van der Waals surface area contributed by atoms with Crippen LogP contribution in [-0.2, 0) is 4.74 Å². The van der Waals surface area contributed by atoms with Crippen LogP contribution in [0.5, 0.6) is 0 Å². The molecule has 0 aromatic carbocycles. The molecule has 0 aromatic heterocycles. The Kier molecular flexibility index (Phi) is 5.93. The first kappa shape index (κ1) is 14.3. The lowest BCUT2D eigenvalue weighted by atomic mass is 9.94. The van der Waals surface area contributed by atoms with Gasteiger partial charge in [-0.15, -0.1) is 0 Å². The minimum Gasteiger partial charge on any atom is -0.381 e. The summed E-state index contributed by atoms with van der Waals surface area (Å²) >= 11 is 0. The van der Waals surface area contributed by atoms with Gasteiger partial charge in [0.2, 0.25) is 0 Å². The Labute approximate surface area is 112 Å². The molecule has 2 aliphatic heterocycles. The molecule has 0 bridgehead atoms. The minimum atomic E-state index is 0.689. The Morgan fingerprint density at radius 2 is 2.28 bits per heavy atom. The first-order valence-electron chi connectivity index (χ1n) is 7.83. The topological polar surface area (TPSA) is 24.5 Å². The average Bonchev–Trinajstić information content (AvgIpc) is 2.92. The van der Waals surface area contributed by atoms with Gasteiger partial charge >= 0.3 is 0 Å². The van der Waals surface area contributed by atoms with Crippen LogP contribution in [0.4, 0.5) is 0 Å². The van der Waals surface area contributed by atoms with E-state index in [1.54, 1.807) is 0 Å². The number of piperidine rings is 1. The standard InChI is InChI=1S/C15H30N2O/c1-3-8-17(11-14-5-4-7-16-10-14)13(2)15-6-9-18-12-15/h13-16H,3-12H2,1-2H3. The summed E-state index contributed by atoms with van der Waals surface area (Å²) < 4.78 is 5.56. The zero-order valence-electron chi connectivity index (χ0n) is 12.2. The molecule has 106 valence electrons. The maximum absolute atomic E-state index is 5.56.